The van der Waals surface area contributed by atoms with Gasteiger partial charge in [-0.25, -0.2) is 4.79 Å². The Morgan fingerprint density at radius 2 is 1.50 bits per heavy atom. The summed E-state index contributed by atoms with van der Waals surface area (Å²) in [5.74, 6) is 0.353. The van der Waals surface area contributed by atoms with Crippen molar-refractivity contribution in [1.29, 1.82) is 0 Å². The van der Waals surface area contributed by atoms with Crippen molar-refractivity contribution < 1.29 is 9.59 Å². The van der Waals surface area contributed by atoms with E-state index in [1.807, 2.05) is 72.8 Å². The molecule has 3 aromatic rings. The van der Waals surface area contributed by atoms with Gasteiger partial charge in [0.05, 0.1) is 6.54 Å². The third kappa shape index (κ3) is 4.83. The normalized spacial score (nSPS) is 13.7. The molecule has 0 bridgehead atoms. The maximum absolute atomic E-state index is 13.3. The third-order valence-electron chi connectivity index (χ3n) is 5.84. The van der Waals surface area contributed by atoms with Crippen molar-refractivity contribution in [2.24, 2.45) is 0 Å². The molecule has 1 heterocycles. The van der Waals surface area contributed by atoms with Gasteiger partial charge in [-0.1, -0.05) is 74.5 Å². The largest absolute Gasteiger partial charge is 0.325 e. The van der Waals surface area contributed by atoms with Gasteiger partial charge in [0.25, 0.3) is 0 Å². The van der Waals surface area contributed by atoms with E-state index in [-0.39, 0.29) is 18.5 Å². The molecule has 0 radical (unpaired) electrons. The molecule has 0 aliphatic carbocycles. The van der Waals surface area contributed by atoms with E-state index in [2.05, 4.69) is 26.0 Å². The Kier molecular flexibility index (Phi) is 6.55. The molecule has 1 saturated heterocycles. The van der Waals surface area contributed by atoms with Crippen molar-refractivity contribution in [2.45, 2.75) is 26.3 Å². The van der Waals surface area contributed by atoms with Crippen LogP contribution < -0.4 is 9.80 Å². The molecular formula is C27H29N3O2. The molecule has 164 valence electrons. The molecule has 32 heavy (non-hydrogen) atoms. The molecule has 1 aliphatic rings. The lowest BCUT2D eigenvalue weighted by molar-refractivity contribution is -0.119. The first-order valence-electron chi connectivity index (χ1n) is 11.1. The number of urea groups is 1. The number of para-hydroxylation sites is 1. The minimum atomic E-state index is -0.122. The molecule has 1 aliphatic heterocycles. The van der Waals surface area contributed by atoms with E-state index in [1.165, 1.54) is 5.56 Å². The van der Waals surface area contributed by atoms with Crippen LogP contribution in [0.15, 0.2) is 84.9 Å². The van der Waals surface area contributed by atoms with Gasteiger partial charge in [0.1, 0.15) is 6.54 Å². The lowest BCUT2D eigenvalue weighted by atomic mass is 10.0. The van der Waals surface area contributed by atoms with Gasteiger partial charge in [0, 0.05) is 24.5 Å². The van der Waals surface area contributed by atoms with Crippen LogP contribution in [0, 0.1) is 0 Å². The van der Waals surface area contributed by atoms with E-state index >= 15 is 0 Å². The van der Waals surface area contributed by atoms with Crippen LogP contribution in [0.25, 0.3) is 0 Å². The van der Waals surface area contributed by atoms with E-state index in [4.69, 9.17) is 0 Å². The quantitative estimate of drug-likeness (QED) is 0.515. The molecule has 0 unspecified atom stereocenters. The molecule has 0 saturated carbocycles. The summed E-state index contributed by atoms with van der Waals surface area (Å²) in [6.45, 7) is 5.93. The van der Waals surface area contributed by atoms with Crippen LogP contribution in [0.3, 0.4) is 0 Å². The van der Waals surface area contributed by atoms with E-state index in [0.717, 1.165) is 16.9 Å². The average molecular weight is 428 g/mol. The Morgan fingerprint density at radius 1 is 0.875 bits per heavy atom. The highest BCUT2D eigenvalue weighted by molar-refractivity contribution is 6.00. The predicted octanol–water partition coefficient (Wildman–Crippen LogP) is 5.29. The van der Waals surface area contributed by atoms with E-state index in [9.17, 15) is 9.59 Å². The molecule has 5 nitrogen and oxygen atoms in total. The second kappa shape index (κ2) is 9.69. The van der Waals surface area contributed by atoms with Gasteiger partial charge >= 0.3 is 6.03 Å². The fraction of sp³-hybridized carbons (Fsp3) is 0.259. The van der Waals surface area contributed by atoms with E-state index < -0.39 is 0 Å². The fourth-order valence-electron chi connectivity index (χ4n) is 3.95. The van der Waals surface area contributed by atoms with E-state index in [1.54, 1.807) is 14.7 Å². The standard InChI is InChI=1S/C27H29N3O2/c1-21(2)23-13-15-25(16-14-23)29-18-17-28(27(29)32)20-26(31)30(24-11-7-4-8-12-24)19-22-9-5-3-6-10-22/h3-16,21H,17-20H2,1-2H3. The Hall–Kier alpha value is -3.60. The Morgan fingerprint density at radius 3 is 2.12 bits per heavy atom. The monoisotopic (exact) mass is 427 g/mol. The molecule has 0 atom stereocenters. The Labute approximate surface area is 189 Å². The molecule has 5 heteroatoms. The average Bonchev–Trinajstić information content (AvgIpc) is 3.18. The lowest BCUT2D eigenvalue weighted by Crippen LogP contribution is -2.42. The molecular weight excluding hydrogens is 398 g/mol. The van der Waals surface area contributed by atoms with Crippen LogP contribution in [0.2, 0.25) is 0 Å². The SMILES string of the molecule is CC(C)c1ccc(N2CCN(CC(=O)N(Cc3ccccc3)c3ccccc3)C2=O)cc1. The summed E-state index contributed by atoms with van der Waals surface area (Å²) in [6, 6.07) is 27.5. The van der Waals surface area contributed by atoms with Gasteiger partial charge in [-0.15, -0.1) is 0 Å². The number of rotatable bonds is 7. The number of carbonyl (C=O) groups is 2. The molecule has 1 fully saturated rings. The first kappa shape index (κ1) is 21.6. The van der Waals surface area contributed by atoms with Gasteiger partial charge in [0.15, 0.2) is 0 Å². The number of benzene rings is 3. The summed E-state index contributed by atoms with van der Waals surface area (Å²) in [7, 11) is 0. The zero-order chi connectivity index (χ0) is 22.5. The highest BCUT2D eigenvalue weighted by atomic mass is 16.2. The summed E-state index contributed by atoms with van der Waals surface area (Å²) in [6.07, 6.45) is 0. The van der Waals surface area contributed by atoms with Crippen molar-refractivity contribution >= 4 is 23.3 Å². The second-order valence-electron chi connectivity index (χ2n) is 8.40. The van der Waals surface area contributed by atoms with Crippen molar-refractivity contribution in [3.63, 3.8) is 0 Å². The zero-order valence-corrected chi connectivity index (χ0v) is 18.6. The smallest absolute Gasteiger partial charge is 0.313 e. The van der Waals surface area contributed by atoms with Gasteiger partial charge < -0.3 is 9.80 Å². The molecule has 3 amide bonds. The van der Waals surface area contributed by atoms with Crippen molar-refractivity contribution in [2.75, 3.05) is 29.4 Å². The molecule has 0 spiro atoms. The maximum atomic E-state index is 13.3. The fourth-order valence-corrected chi connectivity index (χ4v) is 3.95. The summed E-state index contributed by atoms with van der Waals surface area (Å²) in [5, 5.41) is 0. The summed E-state index contributed by atoms with van der Waals surface area (Å²) in [4.78, 5) is 31.5. The van der Waals surface area contributed by atoms with Crippen LogP contribution in [-0.4, -0.2) is 36.5 Å². The topological polar surface area (TPSA) is 43.9 Å². The first-order chi connectivity index (χ1) is 15.5. The van der Waals surface area contributed by atoms with Gasteiger partial charge in [-0.3, -0.25) is 9.69 Å². The molecule has 4 rings (SSSR count). The number of anilines is 2. The van der Waals surface area contributed by atoms with Crippen molar-refractivity contribution in [3.05, 3.63) is 96.1 Å². The van der Waals surface area contributed by atoms with Gasteiger partial charge in [-0.05, 0) is 41.3 Å². The van der Waals surface area contributed by atoms with Crippen molar-refractivity contribution in [1.82, 2.24) is 4.90 Å². The molecule has 0 N–H and O–H groups in total. The van der Waals surface area contributed by atoms with Crippen LogP contribution >= 0.6 is 0 Å². The van der Waals surface area contributed by atoms with Gasteiger partial charge in [0.2, 0.25) is 5.91 Å². The number of amides is 3. The first-order valence-corrected chi connectivity index (χ1v) is 11.1. The number of nitrogens with zero attached hydrogens (tertiary/aromatic N) is 3. The highest BCUT2D eigenvalue weighted by Crippen LogP contribution is 2.24. The summed E-state index contributed by atoms with van der Waals surface area (Å²) < 4.78 is 0. The van der Waals surface area contributed by atoms with Gasteiger partial charge in [-0.2, -0.15) is 0 Å². The third-order valence-corrected chi connectivity index (χ3v) is 5.84. The van der Waals surface area contributed by atoms with E-state index in [0.29, 0.717) is 25.6 Å². The predicted molar refractivity (Wildman–Crippen MR) is 129 cm³/mol. The van der Waals surface area contributed by atoms with Crippen LogP contribution in [0.1, 0.15) is 30.9 Å². The molecule has 3 aromatic carbocycles. The molecule has 0 aromatic heterocycles. The zero-order valence-electron chi connectivity index (χ0n) is 18.6. The second-order valence-corrected chi connectivity index (χ2v) is 8.40. The Balaban J connectivity index is 1.48. The number of carbonyl (C=O) groups excluding carboxylic acids is 2. The summed E-state index contributed by atoms with van der Waals surface area (Å²) in [5.41, 5.74) is 3.99. The highest BCUT2D eigenvalue weighted by Gasteiger charge is 2.32. The number of hydrogen-bond acceptors (Lipinski definition) is 2. The van der Waals surface area contributed by atoms with Crippen LogP contribution in [0.4, 0.5) is 16.2 Å². The summed E-state index contributed by atoms with van der Waals surface area (Å²) >= 11 is 0. The Bertz CT molecular complexity index is 1050. The minimum Gasteiger partial charge on any atom is -0.313 e. The number of hydrogen-bond donors (Lipinski definition) is 0. The van der Waals surface area contributed by atoms with Crippen molar-refractivity contribution in [3.8, 4) is 0 Å². The van der Waals surface area contributed by atoms with Crippen LogP contribution in [0.5, 0.6) is 0 Å². The minimum absolute atomic E-state index is 0.0567. The lowest BCUT2D eigenvalue weighted by Gasteiger charge is -2.26. The van der Waals surface area contributed by atoms with Crippen LogP contribution in [-0.2, 0) is 11.3 Å². The maximum Gasteiger partial charge on any atom is 0.325 e.